The molecule has 2 heterocycles. The van der Waals surface area contributed by atoms with E-state index in [0.717, 1.165) is 35.7 Å². The molecular formula is C18H21N3O. The van der Waals surface area contributed by atoms with Gasteiger partial charge in [-0.15, -0.1) is 0 Å². The van der Waals surface area contributed by atoms with Crippen molar-refractivity contribution in [1.29, 1.82) is 0 Å². The van der Waals surface area contributed by atoms with Gasteiger partial charge >= 0.3 is 0 Å². The summed E-state index contributed by atoms with van der Waals surface area (Å²) in [7, 11) is 0. The van der Waals surface area contributed by atoms with Crippen molar-refractivity contribution in [1.82, 2.24) is 14.3 Å². The molecule has 4 nitrogen and oxygen atoms in total. The van der Waals surface area contributed by atoms with Crippen molar-refractivity contribution in [3.8, 4) is 11.3 Å². The Morgan fingerprint density at radius 2 is 1.86 bits per heavy atom. The first-order chi connectivity index (χ1) is 10.8. The number of aliphatic hydroxyl groups is 1. The fourth-order valence-electron chi connectivity index (χ4n) is 2.73. The highest BCUT2D eigenvalue weighted by atomic mass is 16.3. The normalized spacial score (nSPS) is 11.4. The molecule has 1 N–H and O–H groups in total. The maximum Gasteiger partial charge on any atom is 0.137 e. The molecule has 0 aliphatic rings. The molecule has 0 amide bonds. The van der Waals surface area contributed by atoms with Crippen LogP contribution in [0.1, 0.15) is 12.6 Å². The SMILES string of the molecule is CCN(CCO)Cc1c(-c2ccccc2)nc2ccccn12. The van der Waals surface area contributed by atoms with Crippen LogP contribution in [-0.2, 0) is 6.54 Å². The zero-order chi connectivity index (χ0) is 15.4. The summed E-state index contributed by atoms with van der Waals surface area (Å²) in [5, 5.41) is 9.23. The van der Waals surface area contributed by atoms with Crippen LogP contribution in [0.25, 0.3) is 16.9 Å². The standard InChI is InChI=1S/C18H21N3O/c1-2-20(12-13-22)14-16-18(15-8-4-3-5-9-15)19-17-10-6-7-11-21(16)17/h3-11,22H,2,12-14H2,1H3. The van der Waals surface area contributed by atoms with E-state index in [4.69, 9.17) is 4.98 Å². The molecule has 0 radical (unpaired) electrons. The summed E-state index contributed by atoms with van der Waals surface area (Å²) in [6.07, 6.45) is 2.05. The molecule has 0 aliphatic carbocycles. The lowest BCUT2D eigenvalue weighted by atomic mass is 10.1. The summed E-state index contributed by atoms with van der Waals surface area (Å²) in [5.74, 6) is 0. The topological polar surface area (TPSA) is 40.8 Å². The lowest BCUT2D eigenvalue weighted by Crippen LogP contribution is -2.27. The third-order valence-electron chi connectivity index (χ3n) is 3.91. The van der Waals surface area contributed by atoms with Crippen molar-refractivity contribution < 1.29 is 5.11 Å². The molecule has 0 unspecified atom stereocenters. The van der Waals surface area contributed by atoms with E-state index in [9.17, 15) is 5.11 Å². The summed E-state index contributed by atoms with van der Waals surface area (Å²) >= 11 is 0. The Morgan fingerprint density at radius 3 is 2.59 bits per heavy atom. The summed E-state index contributed by atoms with van der Waals surface area (Å²) in [6.45, 7) is 4.62. The first kappa shape index (κ1) is 14.8. The van der Waals surface area contributed by atoms with E-state index in [2.05, 4.69) is 34.6 Å². The quantitative estimate of drug-likeness (QED) is 0.760. The van der Waals surface area contributed by atoms with Gasteiger partial charge in [0.25, 0.3) is 0 Å². The number of hydrogen-bond donors (Lipinski definition) is 1. The van der Waals surface area contributed by atoms with Crippen molar-refractivity contribution in [2.45, 2.75) is 13.5 Å². The van der Waals surface area contributed by atoms with Crippen molar-refractivity contribution >= 4 is 5.65 Å². The van der Waals surface area contributed by atoms with E-state index in [0.29, 0.717) is 6.54 Å². The molecule has 0 fully saturated rings. The van der Waals surface area contributed by atoms with Gasteiger partial charge in [-0.2, -0.15) is 0 Å². The molecule has 2 aromatic heterocycles. The summed E-state index contributed by atoms with van der Waals surface area (Å²) in [4.78, 5) is 7.03. The Balaban J connectivity index is 2.09. The first-order valence-corrected chi connectivity index (χ1v) is 7.68. The second kappa shape index (κ2) is 6.73. The minimum atomic E-state index is 0.172. The van der Waals surface area contributed by atoms with Gasteiger partial charge < -0.3 is 9.51 Å². The van der Waals surface area contributed by atoms with Gasteiger partial charge in [0, 0.05) is 24.8 Å². The molecule has 0 atom stereocenters. The van der Waals surface area contributed by atoms with Gasteiger partial charge in [0.15, 0.2) is 0 Å². The number of aliphatic hydroxyl groups excluding tert-OH is 1. The zero-order valence-electron chi connectivity index (χ0n) is 12.8. The number of fused-ring (bicyclic) bond motifs is 1. The lowest BCUT2D eigenvalue weighted by Gasteiger charge is -2.19. The average molecular weight is 295 g/mol. The van der Waals surface area contributed by atoms with E-state index in [1.165, 1.54) is 0 Å². The molecule has 0 saturated carbocycles. The molecule has 114 valence electrons. The highest BCUT2D eigenvalue weighted by Gasteiger charge is 2.15. The van der Waals surface area contributed by atoms with Crippen LogP contribution in [0.15, 0.2) is 54.7 Å². The second-order valence-electron chi connectivity index (χ2n) is 5.29. The van der Waals surface area contributed by atoms with Crippen LogP contribution >= 0.6 is 0 Å². The van der Waals surface area contributed by atoms with Crippen LogP contribution in [0.4, 0.5) is 0 Å². The molecule has 0 aliphatic heterocycles. The highest BCUT2D eigenvalue weighted by Crippen LogP contribution is 2.25. The molecule has 1 aromatic carbocycles. The maximum absolute atomic E-state index is 9.23. The molecule has 0 bridgehead atoms. The fourth-order valence-corrected chi connectivity index (χ4v) is 2.73. The molecule has 4 heteroatoms. The zero-order valence-corrected chi connectivity index (χ0v) is 12.8. The number of imidazole rings is 1. The fraction of sp³-hybridized carbons (Fsp3) is 0.278. The van der Waals surface area contributed by atoms with Gasteiger partial charge in [-0.1, -0.05) is 43.3 Å². The largest absolute Gasteiger partial charge is 0.395 e. The van der Waals surface area contributed by atoms with Gasteiger partial charge in [0.1, 0.15) is 5.65 Å². The van der Waals surface area contributed by atoms with Gasteiger partial charge in [-0.3, -0.25) is 4.90 Å². The van der Waals surface area contributed by atoms with Crippen molar-refractivity contribution in [3.63, 3.8) is 0 Å². The Kier molecular flexibility index (Phi) is 4.51. The minimum Gasteiger partial charge on any atom is -0.395 e. The van der Waals surface area contributed by atoms with Crippen LogP contribution in [0.5, 0.6) is 0 Å². The van der Waals surface area contributed by atoms with E-state index >= 15 is 0 Å². The Labute approximate surface area is 130 Å². The molecule has 0 spiro atoms. The molecule has 3 rings (SSSR count). The monoisotopic (exact) mass is 295 g/mol. The van der Waals surface area contributed by atoms with Crippen LogP contribution in [-0.4, -0.2) is 39.1 Å². The van der Waals surface area contributed by atoms with Crippen LogP contribution in [0.3, 0.4) is 0 Å². The maximum atomic E-state index is 9.23. The number of pyridine rings is 1. The van der Waals surface area contributed by atoms with Crippen LogP contribution < -0.4 is 0 Å². The van der Waals surface area contributed by atoms with Gasteiger partial charge in [0.05, 0.1) is 18.0 Å². The van der Waals surface area contributed by atoms with Crippen molar-refractivity contribution in [3.05, 3.63) is 60.4 Å². The summed E-state index contributed by atoms with van der Waals surface area (Å²) in [5.41, 5.74) is 4.26. The van der Waals surface area contributed by atoms with E-state index < -0.39 is 0 Å². The number of aromatic nitrogens is 2. The smallest absolute Gasteiger partial charge is 0.137 e. The second-order valence-corrected chi connectivity index (χ2v) is 5.29. The van der Waals surface area contributed by atoms with E-state index in [1.807, 2.05) is 36.4 Å². The molecule has 3 aromatic rings. The lowest BCUT2D eigenvalue weighted by molar-refractivity contribution is 0.195. The van der Waals surface area contributed by atoms with Crippen molar-refractivity contribution in [2.75, 3.05) is 19.7 Å². The van der Waals surface area contributed by atoms with E-state index in [-0.39, 0.29) is 6.61 Å². The summed E-state index contributed by atoms with van der Waals surface area (Å²) in [6, 6.07) is 16.3. The molecule has 0 saturated heterocycles. The Bertz CT molecular complexity index is 736. The molecular weight excluding hydrogens is 274 g/mol. The predicted octanol–water partition coefficient (Wildman–Crippen LogP) is 2.82. The van der Waals surface area contributed by atoms with Crippen LogP contribution in [0.2, 0.25) is 0 Å². The minimum absolute atomic E-state index is 0.172. The number of hydrogen-bond acceptors (Lipinski definition) is 3. The summed E-state index contributed by atoms with van der Waals surface area (Å²) < 4.78 is 2.14. The third kappa shape index (κ3) is 2.89. The van der Waals surface area contributed by atoms with Crippen molar-refractivity contribution in [2.24, 2.45) is 0 Å². The number of nitrogens with zero attached hydrogens (tertiary/aromatic N) is 3. The Hall–Kier alpha value is -2.17. The average Bonchev–Trinajstić information content (AvgIpc) is 2.94. The van der Waals surface area contributed by atoms with Gasteiger partial charge in [-0.25, -0.2) is 4.98 Å². The van der Waals surface area contributed by atoms with Gasteiger partial charge in [0.2, 0.25) is 0 Å². The Morgan fingerprint density at radius 1 is 1.09 bits per heavy atom. The molecule has 22 heavy (non-hydrogen) atoms. The third-order valence-corrected chi connectivity index (χ3v) is 3.91. The van der Waals surface area contributed by atoms with E-state index in [1.54, 1.807) is 0 Å². The van der Waals surface area contributed by atoms with Crippen LogP contribution in [0, 0.1) is 0 Å². The number of rotatable bonds is 6. The van der Waals surface area contributed by atoms with Gasteiger partial charge in [-0.05, 0) is 18.7 Å². The highest BCUT2D eigenvalue weighted by molar-refractivity contribution is 5.66. The number of likely N-dealkylation sites (N-methyl/N-ethyl adjacent to an activating group) is 1. The number of benzene rings is 1. The predicted molar refractivity (Wildman–Crippen MR) is 88.7 cm³/mol. The first-order valence-electron chi connectivity index (χ1n) is 7.68.